The van der Waals surface area contributed by atoms with Crippen molar-refractivity contribution < 1.29 is 14.7 Å². The standard InChI is InChI=1S/C15H28N2O3/c1-11(2)10-16-15(20)12(3)17-9-5-4-6-13(17)7-8-14(18)19/h11-13H,4-10H2,1-3H3,(H,16,20)(H,18,19). The summed E-state index contributed by atoms with van der Waals surface area (Å²) >= 11 is 0. The molecule has 5 nitrogen and oxygen atoms in total. The highest BCUT2D eigenvalue weighted by Crippen LogP contribution is 2.23. The molecular formula is C15H28N2O3. The second kappa shape index (κ2) is 8.25. The van der Waals surface area contributed by atoms with E-state index in [2.05, 4.69) is 24.1 Å². The monoisotopic (exact) mass is 284 g/mol. The Morgan fingerprint density at radius 2 is 2.00 bits per heavy atom. The van der Waals surface area contributed by atoms with E-state index >= 15 is 0 Å². The lowest BCUT2D eigenvalue weighted by Gasteiger charge is -2.39. The van der Waals surface area contributed by atoms with Crippen molar-refractivity contribution in [3.8, 4) is 0 Å². The van der Waals surface area contributed by atoms with Crippen LogP contribution in [0.3, 0.4) is 0 Å². The van der Waals surface area contributed by atoms with Gasteiger partial charge in [-0.1, -0.05) is 20.3 Å². The zero-order valence-corrected chi connectivity index (χ0v) is 12.9. The fourth-order valence-corrected chi connectivity index (χ4v) is 2.74. The third kappa shape index (κ3) is 5.49. The van der Waals surface area contributed by atoms with E-state index in [-0.39, 0.29) is 24.4 Å². The first-order valence-corrected chi connectivity index (χ1v) is 7.67. The number of nitrogens with zero attached hydrogens (tertiary/aromatic N) is 1. The molecule has 0 aromatic carbocycles. The number of amides is 1. The van der Waals surface area contributed by atoms with Gasteiger partial charge in [-0.2, -0.15) is 0 Å². The van der Waals surface area contributed by atoms with Gasteiger partial charge < -0.3 is 10.4 Å². The van der Waals surface area contributed by atoms with Gasteiger partial charge in [-0.3, -0.25) is 14.5 Å². The van der Waals surface area contributed by atoms with E-state index in [4.69, 9.17) is 5.11 Å². The molecule has 2 unspecified atom stereocenters. The van der Waals surface area contributed by atoms with E-state index in [1.807, 2.05) is 6.92 Å². The van der Waals surface area contributed by atoms with Gasteiger partial charge in [0.25, 0.3) is 0 Å². The number of carboxylic acid groups (broad SMARTS) is 1. The number of hydrogen-bond donors (Lipinski definition) is 2. The third-order valence-corrected chi connectivity index (χ3v) is 3.93. The van der Waals surface area contributed by atoms with Crippen molar-refractivity contribution in [2.45, 2.75) is 65.0 Å². The Labute approximate surface area is 121 Å². The number of hydrogen-bond acceptors (Lipinski definition) is 3. The van der Waals surface area contributed by atoms with Crippen LogP contribution in [0.1, 0.15) is 52.9 Å². The Morgan fingerprint density at radius 3 is 2.60 bits per heavy atom. The highest BCUT2D eigenvalue weighted by molar-refractivity contribution is 5.81. The van der Waals surface area contributed by atoms with Crippen LogP contribution in [0, 0.1) is 5.92 Å². The molecule has 1 amide bonds. The summed E-state index contributed by atoms with van der Waals surface area (Å²) in [5.74, 6) is -0.260. The molecule has 1 fully saturated rings. The van der Waals surface area contributed by atoms with Gasteiger partial charge in [-0.15, -0.1) is 0 Å². The van der Waals surface area contributed by atoms with Crippen LogP contribution < -0.4 is 5.32 Å². The summed E-state index contributed by atoms with van der Waals surface area (Å²) in [7, 11) is 0. The molecule has 1 aliphatic rings. The minimum atomic E-state index is -0.757. The molecule has 1 rings (SSSR count). The van der Waals surface area contributed by atoms with Crippen LogP contribution in [0.5, 0.6) is 0 Å². The molecule has 1 saturated heterocycles. The quantitative estimate of drug-likeness (QED) is 0.749. The van der Waals surface area contributed by atoms with Gasteiger partial charge in [0, 0.05) is 19.0 Å². The van der Waals surface area contributed by atoms with Crippen LogP contribution in [0.4, 0.5) is 0 Å². The maximum atomic E-state index is 12.2. The maximum absolute atomic E-state index is 12.2. The summed E-state index contributed by atoms with van der Waals surface area (Å²) in [6.07, 6.45) is 4.03. The number of aliphatic carboxylic acids is 1. The molecule has 20 heavy (non-hydrogen) atoms. The van der Waals surface area contributed by atoms with Gasteiger partial charge in [0.05, 0.1) is 6.04 Å². The number of carboxylic acids is 1. The number of rotatable bonds is 7. The van der Waals surface area contributed by atoms with Crippen molar-refractivity contribution in [2.24, 2.45) is 5.92 Å². The van der Waals surface area contributed by atoms with Gasteiger partial charge in [0.1, 0.15) is 0 Å². The van der Waals surface area contributed by atoms with Crippen molar-refractivity contribution in [3.63, 3.8) is 0 Å². The average molecular weight is 284 g/mol. The number of likely N-dealkylation sites (tertiary alicyclic amines) is 1. The van der Waals surface area contributed by atoms with E-state index in [0.29, 0.717) is 18.9 Å². The normalized spacial score (nSPS) is 21.7. The van der Waals surface area contributed by atoms with Gasteiger partial charge in [-0.25, -0.2) is 0 Å². The number of carbonyl (C=O) groups is 2. The van der Waals surface area contributed by atoms with Crippen LogP contribution in [0.2, 0.25) is 0 Å². The molecule has 0 radical (unpaired) electrons. The van der Waals surface area contributed by atoms with E-state index in [0.717, 1.165) is 25.8 Å². The fraction of sp³-hybridized carbons (Fsp3) is 0.867. The van der Waals surface area contributed by atoms with Gasteiger partial charge in [0.15, 0.2) is 0 Å². The van der Waals surface area contributed by atoms with Crippen molar-refractivity contribution in [2.75, 3.05) is 13.1 Å². The smallest absolute Gasteiger partial charge is 0.303 e. The zero-order valence-electron chi connectivity index (χ0n) is 12.9. The van der Waals surface area contributed by atoms with E-state index in [1.54, 1.807) is 0 Å². The topological polar surface area (TPSA) is 69.6 Å². The Morgan fingerprint density at radius 1 is 1.30 bits per heavy atom. The Balaban J connectivity index is 2.54. The molecule has 0 aromatic heterocycles. The Hall–Kier alpha value is -1.10. The zero-order chi connectivity index (χ0) is 15.1. The third-order valence-electron chi connectivity index (χ3n) is 3.93. The molecule has 0 bridgehead atoms. The number of nitrogens with one attached hydrogen (secondary N) is 1. The second-order valence-corrected chi connectivity index (χ2v) is 6.13. The molecule has 1 heterocycles. The first-order valence-electron chi connectivity index (χ1n) is 7.67. The highest BCUT2D eigenvalue weighted by Gasteiger charge is 2.30. The molecule has 0 saturated carbocycles. The molecule has 0 aliphatic carbocycles. The molecule has 0 aromatic rings. The minimum absolute atomic E-state index is 0.0564. The summed E-state index contributed by atoms with van der Waals surface area (Å²) in [4.78, 5) is 25.1. The average Bonchev–Trinajstić information content (AvgIpc) is 2.41. The number of carbonyl (C=O) groups excluding carboxylic acids is 1. The summed E-state index contributed by atoms with van der Waals surface area (Å²) in [6.45, 7) is 7.65. The fourth-order valence-electron chi connectivity index (χ4n) is 2.74. The van der Waals surface area contributed by atoms with Gasteiger partial charge >= 0.3 is 5.97 Å². The molecule has 5 heteroatoms. The lowest BCUT2D eigenvalue weighted by molar-refractivity contribution is -0.137. The maximum Gasteiger partial charge on any atom is 0.303 e. The lowest BCUT2D eigenvalue weighted by Crippen LogP contribution is -2.52. The molecular weight excluding hydrogens is 256 g/mol. The van der Waals surface area contributed by atoms with Crippen LogP contribution in [0.15, 0.2) is 0 Å². The molecule has 2 atom stereocenters. The van der Waals surface area contributed by atoms with E-state index < -0.39 is 5.97 Å². The highest BCUT2D eigenvalue weighted by atomic mass is 16.4. The van der Waals surface area contributed by atoms with Gasteiger partial charge in [-0.05, 0) is 38.6 Å². The van der Waals surface area contributed by atoms with Gasteiger partial charge in [0.2, 0.25) is 5.91 Å². The predicted molar refractivity (Wildman–Crippen MR) is 78.5 cm³/mol. The van der Waals surface area contributed by atoms with Crippen molar-refractivity contribution >= 4 is 11.9 Å². The van der Waals surface area contributed by atoms with Crippen LogP contribution in [-0.2, 0) is 9.59 Å². The first-order chi connectivity index (χ1) is 9.41. The summed E-state index contributed by atoms with van der Waals surface area (Å²) in [5, 5.41) is 11.8. The van der Waals surface area contributed by atoms with Crippen molar-refractivity contribution in [3.05, 3.63) is 0 Å². The molecule has 2 N–H and O–H groups in total. The minimum Gasteiger partial charge on any atom is -0.481 e. The largest absolute Gasteiger partial charge is 0.481 e. The Kier molecular flexibility index (Phi) is 6.99. The summed E-state index contributed by atoms with van der Waals surface area (Å²) < 4.78 is 0. The summed E-state index contributed by atoms with van der Waals surface area (Å²) in [6, 6.07) is 0.0486. The first kappa shape index (κ1) is 17.0. The molecule has 0 spiro atoms. The van der Waals surface area contributed by atoms with Crippen LogP contribution in [-0.4, -0.2) is 47.1 Å². The van der Waals surface area contributed by atoms with E-state index in [1.165, 1.54) is 0 Å². The van der Waals surface area contributed by atoms with Crippen molar-refractivity contribution in [1.82, 2.24) is 10.2 Å². The van der Waals surface area contributed by atoms with Crippen molar-refractivity contribution in [1.29, 1.82) is 0 Å². The second-order valence-electron chi connectivity index (χ2n) is 6.13. The van der Waals surface area contributed by atoms with Crippen LogP contribution in [0.25, 0.3) is 0 Å². The molecule has 1 aliphatic heterocycles. The van der Waals surface area contributed by atoms with E-state index in [9.17, 15) is 9.59 Å². The SMILES string of the molecule is CC(C)CNC(=O)C(C)N1CCCCC1CCC(=O)O. The summed E-state index contributed by atoms with van der Waals surface area (Å²) in [5.41, 5.74) is 0. The molecule has 116 valence electrons. The predicted octanol–water partition coefficient (Wildman–Crippen LogP) is 1.87. The number of piperidine rings is 1. The lowest BCUT2D eigenvalue weighted by atomic mass is 9.96. The Bertz CT molecular complexity index is 331. The van der Waals surface area contributed by atoms with Crippen LogP contribution >= 0.6 is 0 Å².